The maximum absolute atomic E-state index is 13.5. The van der Waals surface area contributed by atoms with Crippen LogP contribution in [0, 0.1) is 15.9 Å². The number of ether oxygens (including phenoxy) is 1. The minimum absolute atomic E-state index is 0.147. The molecule has 0 saturated carbocycles. The Morgan fingerprint density at radius 2 is 2.19 bits per heavy atom. The lowest BCUT2D eigenvalue weighted by Gasteiger charge is -2.27. The van der Waals surface area contributed by atoms with Crippen LogP contribution in [0.2, 0.25) is 0 Å². The maximum atomic E-state index is 13.5. The van der Waals surface area contributed by atoms with Crippen LogP contribution in [0.5, 0.6) is 0 Å². The smallest absolute Gasteiger partial charge is 0.290 e. The van der Waals surface area contributed by atoms with Gasteiger partial charge in [-0.2, -0.15) is 0 Å². The molecule has 0 bridgehead atoms. The predicted molar refractivity (Wildman–Crippen MR) is 53.9 cm³/mol. The molecule has 16 heavy (non-hydrogen) atoms. The molecule has 86 valence electrons. The number of nitro groups is 1. The molecule has 0 radical (unpaired) electrons. The summed E-state index contributed by atoms with van der Waals surface area (Å²) in [5.41, 5.74) is -0.338. The fraction of sp³-hybridized carbons (Fsp3) is 0.444. The Kier molecular flexibility index (Phi) is 2.95. The third-order valence-corrected chi connectivity index (χ3v) is 2.33. The first-order valence-corrected chi connectivity index (χ1v) is 4.81. The summed E-state index contributed by atoms with van der Waals surface area (Å²) < 4.78 is 18.7. The normalized spacial score (nSPS) is 16.2. The molecule has 1 aliphatic rings. The van der Waals surface area contributed by atoms with Crippen molar-refractivity contribution in [1.29, 1.82) is 0 Å². The van der Waals surface area contributed by atoms with Gasteiger partial charge in [-0.25, -0.2) is 9.37 Å². The number of hydrogen-bond acceptors (Lipinski definition) is 5. The molecule has 0 aromatic carbocycles. The molecule has 2 heterocycles. The number of anilines is 1. The van der Waals surface area contributed by atoms with Crippen molar-refractivity contribution in [1.82, 2.24) is 4.98 Å². The van der Waals surface area contributed by atoms with E-state index >= 15 is 0 Å². The average molecular weight is 227 g/mol. The minimum Gasteiger partial charge on any atom is -0.378 e. The first-order chi connectivity index (χ1) is 7.68. The van der Waals surface area contributed by atoms with Crippen molar-refractivity contribution in [3.05, 3.63) is 28.2 Å². The molecule has 0 amide bonds. The molecule has 1 fully saturated rings. The van der Waals surface area contributed by atoms with E-state index in [1.165, 1.54) is 0 Å². The fourth-order valence-electron chi connectivity index (χ4n) is 1.53. The van der Waals surface area contributed by atoms with Gasteiger partial charge in [0.15, 0.2) is 11.6 Å². The topological polar surface area (TPSA) is 68.5 Å². The summed E-state index contributed by atoms with van der Waals surface area (Å²) in [6, 6.07) is 0.887. The van der Waals surface area contributed by atoms with Gasteiger partial charge < -0.3 is 9.64 Å². The zero-order valence-corrected chi connectivity index (χ0v) is 8.43. The number of pyridine rings is 1. The van der Waals surface area contributed by atoms with E-state index in [0.29, 0.717) is 26.3 Å². The molecule has 1 aromatic rings. The van der Waals surface area contributed by atoms with Crippen LogP contribution in [-0.4, -0.2) is 36.2 Å². The van der Waals surface area contributed by atoms with E-state index in [2.05, 4.69) is 4.98 Å². The van der Waals surface area contributed by atoms with Crippen molar-refractivity contribution < 1.29 is 14.1 Å². The molecule has 1 aromatic heterocycles. The second-order valence-electron chi connectivity index (χ2n) is 3.36. The van der Waals surface area contributed by atoms with Crippen molar-refractivity contribution in [2.75, 3.05) is 31.2 Å². The van der Waals surface area contributed by atoms with E-state index in [1.807, 2.05) is 0 Å². The largest absolute Gasteiger partial charge is 0.378 e. The SMILES string of the molecule is O=[N+]([O-])c1cnc(N2CCOCC2)c(F)c1. The van der Waals surface area contributed by atoms with Crippen molar-refractivity contribution in [2.45, 2.75) is 0 Å². The monoisotopic (exact) mass is 227 g/mol. The quantitative estimate of drug-likeness (QED) is 0.556. The van der Waals surface area contributed by atoms with Gasteiger partial charge in [0.25, 0.3) is 5.69 Å². The summed E-state index contributed by atoms with van der Waals surface area (Å²) in [6.07, 6.45) is 1.06. The summed E-state index contributed by atoms with van der Waals surface area (Å²) in [4.78, 5) is 15.2. The highest BCUT2D eigenvalue weighted by molar-refractivity contribution is 5.44. The number of rotatable bonds is 2. The van der Waals surface area contributed by atoms with Gasteiger partial charge in [0, 0.05) is 13.1 Å². The number of halogens is 1. The Labute approximate surface area is 90.8 Å². The van der Waals surface area contributed by atoms with Crippen molar-refractivity contribution in [3.8, 4) is 0 Å². The molecule has 2 rings (SSSR count). The average Bonchev–Trinajstić information content (AvgIpc) is 2.30. The summed E-state index contributed by atoms with van der Waals surface area (Å²) >= 11 is 0. The Balaban J connectivity index is 2.24. The molecule has 0 aliphatic carbocycles. The zero-order valence-electron chi connectivity index (χ0n) is 8.43. The van der Waals surface area contributed by atoms with Crippen LogP contribution < -0.4 is 4.90 Å². The van der Waals surface area contributed by atoms with E-state index in [9.17, 15) is 14.5 Å². The van der Waals surface area contributed by atoms with Gasteiger partial charge in [-0.1, -0.05) is 0 Å². The molecule has 1 aliphatic heterocycles. The van der Waals surface area contributed by atoms with Crippen LogP contribution in [0.1, 0.15) is 0 Å². The van der Waals surface area contributed by atoms with E-state index < -0.39 is 10.7 Å². The second kappa shape index (κ2) is 4.40. The summed E-state index contributed by atoms with van der Waals surface area (Å²) in [7, 11) is 0. The van der Waals surface area contributed by atoms with Gasteiger partial charge in [-0.3, -0.25) is 10.1 Å². The van der Waals surface area contributed by atoms with E-state index in [4.69, 9.17) is 4.74 Å². The highest BCUT2D eigenvalue weighted by Crippen LogP contribution is 2.21. The Morgan fingerprint density at radius 1 is 1.50 bits per heavy atom. The lowest BCUT2D eigenvalue weighted by atomic mass is 10.3. The Bertz CT molecular complexity index is 407. The predicted octanol–water partition coefficient (Wildman–Crippen LogP) is 0.965. The lowest BCUT2D eigenvalue weighted by Crippen LogP contribution is -2.37. The molecule has 1 saturated heterocycles. The van der Waals surface area contributed by atoms with Crippen LogP contribution in [-0.2, 0) is 4.74 Å². The highest BCUT2D eigenvalue weighted by atomic mass is 19.1. The summed E-state index contributed by atoms with van der Waals surface area (Å²) in [5.74, 6) is -0.523. The van der Waals surface area contributed by atoms with E-state index in [-0.39, 0.29) is 11.5 Å². The fourth-order valence-corrected chi connectivity index (χ4v) is 1.53. The molecule has 0 spiro atoms. The van der Waals surface area contributed by atoms with Crippen molar-refractivity contribution >= 4 is 11.5 Å². The van der Waals surface area contributed by atoms with Crippen LogP contribution in [0.4, 0.5) is 15.9 Å². The molecule has 0 unspecified atom stereocenters. The van der Waals surface area contributed by atoms with Crippen LogP contribution in [0.15, 0.2) is 12.3 Å². The molecule has 0 N–H and O–H groups in total. The van der Waals surface area contributed by atoms with Crippen LogP contribution in [0.25, 0.3) is 0 Å². The summed E-state index contributed by atoms with van der Waals surface area (Å²) in [5, 5.41) is 10.4. The summed E-state index contributed by atoms with van der Waals surface area (Å²) in [6.45, 7) is 2.11. The van der Waals surface area contributed by atoms with Crippen LogP contribution >= 0.6 is 0 Å². The number of nitrogens with zero attached hydrogens (tertiary/aromatic N) is 3. The van der Waals surface area contributed by atoms with Gasteiger partial charge >= 0.3 is 0 Å². The molecular weight excluding hydrogens is 217 g/mol. The van der Waals surface area contributed by atoms with Gasteiger partial charge in [0.1, 0.15) is 6.20 Å². The molecule has 6 nitrogen and oxygen atoms in total. The standard InChI is InChI=1S/C9H10FN3O3/c10-8-5-7(13(14)15)6-11-9(8)12-1-3-16-4-2-12/h5-6H,1-4H2. The first-order valence-electron chi connectivity index (χ1n) is 4.81. The molecule has 7 heteroatoms. The number of aromatic nitrogens is 1. The Morgan fingerprint density at radius 3 is 2.75 bits per heavy atom. The highest BCUT2D eigenvalue weighted by Gasteiger charge is 2.19. The van der Waals surface area contributed by atoms with Crippen molar-refractivity contribution in [2.24, 2.45) is 0 Å². The maximum Gasteiger partial charge on any atom is 0.290 e. The van der Waals surface area contributed by atoms with Crippen molar-refractivity contribution in [3.63, 3.8) is 0 Å². The molecular formula is C9H10FN3O3. The van der Waals surface area contributed by atoms with Gasteiger partial charge in [0.05, 0.1) is 24.2 Å². The Hall–Kier alpha value is -1.76. The van der Waals surface area contributed by atoms with E-state index in [0.717, 1.165) is 12.3 Å². The van der Waals surface area contributed by atoms with Gasteiger partial charge in [-0.15, -0.1) is 0 Å². The number of morpholine rings is 1. The third kappa shape index (κ3) is 2.08. The van der Waals surface area contributed by atoms with E-state index in [1.54, 1.807) is 4.90 Å². The second-order valence-corrected chi connectivity index (χ2v) is 3.36. The first kappa shape index (κ1) is 10.7. The van der Waals surface area contributed by atoms with Crippen LogP contribution in [0.3, 0.4) is 0 Å². The van der Waals surface area contributed by atoms with Gasteiger partial charge in [0.2, 0.25) is 0 Å². The third-order valence-electron chi connectivity index (χ3n) is 2.33. The lowest BCUT2D eigenvalue weighted by molar-refractivity contribution is -0.385. The minimum atomic E-state index is -0.670. The zero-order chi connectivity index (χ0) is 11.5. The van der Waals surface area contributed by atoms with Gasteiger partial charge in [-0.05, 0) is 0 Å². The number of hydrogen-bond donors (Lipinski definition) is 0. The molecule has 0 atom stereocenters.